The topological polar surface area (TPSA) is 78.4 Å². The number of hydrogen-bond donors (Lipinski definition) is 3. The van der Waals surface area contributed by atoms with E-state index in [1.165, 1.54) is 0 Å². The van der Waals surface area contributed by atoms with Crippen molar-refractivity contribution in [1.29, 1.82) is 0 Å². The summed E-state index contributed by atoms with van der Waals surface area (Å²) in [7, 11) is 0. The first-order valence-electron chi connectivity index (χ1n) is 5.96. The largest absolute Gasteiger partial charge is 0.508 e. The molecule has 2 unspecified atom stereocenters. The molecule has 1 saturated carbocycles. The van der Waals surface area contributed by atoms with E-state index in [2.05, 4.69) is 10.6 Å². The number of amides is 2. The molecule has 3 N–H and O–H groups in total. The second-order valence-electron chi connectivity index (χ2n) is 4.40. The lowest BCUT2D eigenvalue weighted by molar-refractivity contribution is -0.122. The van der Waals surface area contributed by atoms with Crippen molar-refractivity contribution in [3.05, 3.63) is 29.8 Å². The van der Waals surface area contributed by atoms with Crippen molar-refractivity contribution < 1.29 is 14.7 Å². The Bertz CT molecular complexity index is 430. The molecule has 0 bridgehead atoms. The zero-order chi connectivity index (χ0) is 13.0. The maximum atomic E-state index is 11.7. The van der Waals surface area contributed by atoms with Crippen molar-refractivity contribution in [3.63, 3.8) is 0 Å². The number of carbonyl (C=O) groups excluding carboxylic acids is 2. The van der Waals surface area contributed by atoms with Gasteiger partial charge < -0.3 is 15.7 Å². The van der Waals surface area contributed by atoms with Crippen molar-refractivity contribution in [1.82, 2.24) is 10.6 Å². The summed E-state index contributed by atoms with van der Waals surface area (Å²) in [6.07, 6.45) is 1.46. The van der Waals surface area contributed by atoms with Crippen molar-refractivity contribution in [2.45, 2.75) is 12.3 Å². The lowest BCUT2D eigenvalue weighted by Crippen LogP contribution is -2.32. The van der Waals surface area contributed by atoms with Gasteiger partial charge in [-0.2, -0.15) is 0 Å². The van der Waals surface area contributed by atoms with Gasteiger partial charge in [0.15, 0.2) is 0 Å². The lowest BCUT2D eigenvalue weighted by atomic mass is 10.1. The first kappa shape index (κ1) is 12.4. The molecule has 2 rings (SSSR count). The standard InChI is InChI=1S/C13H16N2O3/c16-8-14-5-6-15-13(18)12-7-11(12)9-1-3-10(17)4-2-9/h1-4,8,11-12,17H,5-7H2,(H,14,16)(H,15,18). The molecule has 1 fully saturated rings. The number of phenols is 1. The average molecular weight is 248 g/mol. The van der Waals surface area contributed by atoms with Crippen LogP contribution in [0.15, 0.2) is 24.3 Å². The van der Waals surface area contributed by atoms with Crippen LogP contribution < -0.4 is 10.6 Å². The van der Waals surface area contributed by atoms with Crippen LogP contribution in [-0.4, -0.2) is 30.5 Å². The summed E-state index contributed by atoms with van der Waals surface area (Å²) in [4.78, 5) is 21.8. The highest BCUT2D eigenvalue weighted by atomic mass is 16.3. The smallest absolute Gasteiger partial charge is 0.223 e. The predicted octanol–water partition coefficient (Wildman–Crippen LogP) is 0.358. The van der Waals surface area contributed by atoms with E-state index in [1.807, 2.05) is 12.1 Å². The van der Waals surface area contributed by atoms with Crippen molar-refractivity contribution in [2.75, 3.05) is 13.1 Å². The number of nitrogens with one attached hydrogen (secondary N) is 2. The molecule has 5 heteroatoms. The molecule has 0 saturated heterocycles. The van der Waals surface area contributed by atoms with E-state index < -0.39 is 0 Å². The van der Waals surface area contributed by atoms with Gasteiger partial charge in [0.1, 0.15) is 5.75 Å². The van der Waals surface area contributed by atoms with Gasteiger partial charge >= 0.3 is 0 Å². The van der Waals surface area contributed by atoms with Crippen LogP contribution in [0.3, 0.4) is 0 Å². The minimum absolute atomic E-state index is 0.0192. The molecule has 96 valence electrons. The Morgan fingerprint density at radius 2 is 2.06 bits per heavy atom. The Labute approximate surface area is 105 Å². The van der Waals surface area contributed by atoms with Gasteiger partial charge in [-0.1, -0.05) is 12.1 Å². The van der Waals surface area contributed by atoms with Gasteiger partial charge in [0.25, 0.3) is 0 Å². The van der Waals surface area contributed by atoms with Crippen molar-refractivity contribution in [2.24, 2.45) is 5.92 Å². The zero-order valence-electron chi connectivity index (χ0n) is 9.93. The molecule has 1 aromatic rings. The minimum atomic E-state index is 0.0192. The molecule has 1 aliphatic rings. The van der Waals surface area contributed by atoms with Crippen molar-refractivity contribution in [3.8, 4) is 5.75 Å². The molecule has 1 aromatic carbocycles. The Morgan fingerprint density at radius 1 is 1.33 bits per heavy atom. The van der Waals surface area contributed by atoms with E-state index in [0.717, 1.165) is 12.0 Å². The molecule has 0 spiro atoms. The highest BCUT2D eigenvalue weighted by Gasteiger charge is 2.43. The van der Waals surface area contributed by atoms with Crippen LogP contribution in [0.4, 0.5) is 0 Å². The molecule has 0 radical (unpaired) electrons. The lowest BCUT2D eigenvalue weighted by Gasteiger charge is -2.04. The van der Waals surface area contributed by atoms with E-state index >= 15 is 0 Å². The van der Waals surface area contributed by atoms with Crippen LogP contribution in [0.1, 0.15) is 17.9 Å². The molecule has 0 heterocycles. The summed E-state index contributed by atoms with van der Waals surface area (Å²) in [6.45, 7) is 0.905. The third kappa shape index (κ3) is 3.00. The van der Waals surface area contributed by atoms with Gasteiger partial charge in [0, 0.05) is 19.0 Å². The molecule has 0 aromatic heterocycles. The van der Waals surface area contributed by atoms with Gasteiger partial charge in [-0.05, 0) is 30.0 Å². The monoisotopic (exact) mass is 248 g/mol. The minimum Gasteiger partial charge on any atom is -0.508 e. The fourth-order valence-corrected chi connectivity index (χ4v) is 2.02. The first-order chi connectivity index (χ1) is 8.72. The normalized spacial score (nSPS) is 21.1. The number of hydrogen-bond acceptors (Lipinski definition) is 3. The number of rotatable bonds is 6. The molecule has 18 heavy (non-hydrogen) atoms. The van der Waals surface area contributed by atoms with Crippen LogP contribution in [0, 0.1) is 5.92 Å². The van der Waals surface area contributed by atoms with Gasteiger partial charge in [0.05, 0.1) is 0 Å². The molecule has 5 nitrogen and oxygen atoms in total. The summed E-state index contributed by atoms with van der Waals surface area (Å²) in [5.74, 6) is 0.538. The Balaban J connectivity index is 1.78. The van der Waals surface area contributed by atoms with E-state index in [-0.39, 0.29) is 23.5 Å². The summed E-state index contributed by atoms with van der Waals surface area (Å²) in [6, 6.07) is 6.97. The number of benzene rings is 1. The van der Waals surface area contributed by atoms with E-state index in [9.17, 15) is 14.7 Å². The SMILES string of the molecule is O=CNCCNC(=O)C1CC1c1ccc(O)cc1. The van der Waals surface area contributed by atoms with Crippen LogP contribution in [0.5, 0.6) is 5.75 Å². The van der Waals surface area contributed by atoms with Gasteiger partial charge in [0.2, 0.25) is 12.3 Å². The van der Waals surface area contributed by atoms with E-state index in [0.29, 0.717) is 19.5 Å². The summed E-state index contributed by atoms with van der Waals surface area (Å²) in [5.41, 5.74) is 1.08. The fourth-order valence-electron chi connectivity index (χ4n) is 2.02. The van der Waals surface area contributed by atoms with Crippen LogP contribution in [-0.2, 0) is 9.59 Å². The third-order valence-corrected chi connectivity index (χ3v) is 3.10. The highest BCUT2D eigenvalue weighted by molar-refractivity contribution is 5.82. The fraction of sp³-hybridized carbons (Fsp3) is 0.385. The Hall–Kier alpha value is -2.04. The van der Waals surface area contributed by atoms with Gasteiger partial charge in [-0.15, -0.1) is 0 Å². The second kappa shape index (κ2) is 5.53. The molecule has 2 atom stereocenters. The number of phenolic OH excluding ortho intramolecular Hbond substituents is 1. The first-order valence-corrected chi connectivity index (χ1v) is 5.96. The number of aromatic hydroxyl groups is 1. The second-order valence-corrected chi connectivity index (χ2v) is 4.40. The van der Waals surface area contributed by atoms with Crippen LogP contribution in [0.25, 0.3) is 0 Å². The highest BCUT2D eigenvalue weighted by Crippen LogP contribution is 2.47. The van der Waals surface area contributed by atoms with Crippen LogP contribution >= 0.6 is 0 Å². The Kier molecular flexibility index (Phi) is 3.82. The molecule has 1 aliphatic carbocycles. The molecule has 2 amide bonds. The third-order valence-electron chi connectivity index (χ3n) is 3.10. The predicted molar refractivity (Wildman–Crippen MR) is 66.0 cm³/mol. The van der Waals surface area contributed by atoms with E-state index in [4.69, 9.17) is 0 Å². The zero-order valence-corrected chi connectivity index (χ0v) is 9.93. The van der Waals surface area contributed by atoms with Gasteiger partial charge in [-0.25, -0.2) is 0 Å². The summed E-state index contributed by atoms with van der Waals surface area (Å²) in [5, 5.41) is 14.5. The van der Waals surface area contributed by atoms with Gasteiger partial charge in [-0.3, -0.25) is 9.59 Å². The summed E-state index contributed by atoms with van der Waals surface area (Å²) < 4.78 is 0. The average Bonchev–Trinajstić information content (AvgIpc) is 3.15. The number of carbonyl (C=O) groups is 2. The molecular weight excluding hydrogens is 232 g/mol. The molecular formula is C13H16N2O3. The quantitative estimate of drug-likeness (QED) is 0.502. The maximum absolute atomic E-state index is 11.7. The summed E-state index contributed by atoms with van der Waals surface area (Å²) >= 11 is 0. The molecule has 0 aliphatic heterocycles. The van der Waals surface area contributed by atoms with E-state index in [1.54, 1.807) is 12.1 Å². The Morgan fingerprint density at radius 3 is 2.72 bits per heavy atom. The maximum Gasteiger partial charge on any atom is 0.223 e. The van der Waals surface area contributed by atoms with Crippen molar-refractivity contribution >= 4 is 12.3 Å². The van der Waals surface area contributed by atoms with Crippen LogP contribution in [0.2, 0.25) is 0 Å².